The van der Waals surface area contributed by atoms with Crippen molar-refractivity contribution in [1.29, 1.82) is 0 Å². The summed E-state index contributed by atoms with van der Waals surface area (Å²) in [6.45, 7) is 0.524. The standard InChI is InChI=1S/C4H7N3O2/c1-6-2-4(5-3-6)7(8)9/h2,5H,3H2,1H3. The highest BCUT2D eigenvalue weighted by atomic mass is 16.6. The minimum absolute atomic E-state index is 0.0671. The molecule has 0 aromatic heterocycles. The van der Waals surface area contributed by atoms with Gasteiger partial charge < -0.3 is 15.0 Å². The van der Waals surface area contributed by atoms with Crippen molar-refractivity contribution in [2.24, 2.45) is 0 Å². The highest BCUT2D eigenvalue weighted by Crippen LogP contribution is 1.99. The van der Waals surface area contributed by atoms with E-state index < -0.39 is 4.92 Å². The molecule has 1 N–H and O–H groups in total. The Morgan fingerprint density at radius 3 is 2.89 bits per heavy atom. The van der Waals surface area contributed by atoms with E-state index >= 15 is 0 Å². The van der Waals surface area contributed by atoms with Gasteiger partial charge in [0.15, 0.2) is 6.67 Å². The third kappa shape index (κ3) is 1.10. The van der Waals surface area contributed by atoms with Gasteiger partial charge in [0.2, 0.25) is 0 Å². The fourth-order valence-corrected chi connectivity index (χ4v) is 0.617. The Morgan fingerprint density at radius 1 is 2.00 bits per heavy atom. The zero-order chi connectivity index (χ0) is 6.85. The van der Waals surface area contributed by atoms with E-state index in [2.05, 4.69) is 5.32 Å². The van der Waals surface area contributed by atoms with Gasteiger partial charge in [-0.25, -0.2) is 0 Å². The molecule has 0 bridgehead atoms. The molecule has 0 spiro atoms. The van der Waals surface area contributed by atoms with Crippen molar-refractivity contribution in [2.45, 2.75) is 0 Å². The van der Waals surface area contributed by atoms with E-state index in [0.717, 1.165) is 0 Å². The van der Waals surface area contributed by atoms with Crippen molar-refractivity contribution < 1.29 is 4.92 Å². The molecule has 1 aliphatic rings. The van der Waals surface area contributed by atoms with Gasteiger partial charge in [-0.2, -0.15) is 0 Å². The predicted octanol–water partition coefficient (Wildman–Crippen LogP) is -0.446. The van der Waals surface area contributed by atoms with Crippen LogP contribution in [-0.2, 0) is 0 Å². The number of nitrogens with zero attached hydrogens (tertiary/aromatic N) is 2. The maximum Gasteiger partial charge on any atom is 0.333 e. The van der Waals surface area contributed by atoms with Crippen molar-refractivity contribution in [3.8, 4) is 0 Å². The second-order valence-electron chi connectivity index (χ2n) is 1.86. The second kappa shape index (κ2) is 1.93. The first-order valence-electron chi connectivity index (χ1n) is 2.50. The Labute approximate surface area is 52.1 Å². The number of nitrogens with one attached hydrogen (secondary N) is 1. The van der Waals surface area contributed by atoms with Crippen molar-refractivity contribution in [1.82, 2.24) is 10.2 Å². The lowest BCUT2D eigenvalue weighted by atomic mass is 10.8. The Morgan fingerprint density at radius 2 is 2.67 bits per heavy atom. The summed E-state index contributed by atoms with van der Waals surface area (Å²) < 4.78 is 0. The molecule has 1 aliphatic heterocycles. The molecule has 0 radical (unpaired) electrons. The van der Waals surface area contributed by atoms with Crippen LogP contribution >= 0.6 is 0 Å². The van der Waals surface area contributed by atoms with Crippen molar-refractivity contribution >= 4 is 0 Å². The van der Waals surface area contributed by atoms with Gasteiger partial charge in [-0.1, -0.05) is 0 Å². The summed E-state index contributed by atoms with van der Waals surface area (Å²) in [5, 5.41) is 12.6. The van der Waals surface area contributed by atoms with Gasteiger partial charge in [0.05, 0.1) is 6.20 Å². The number of hydrogen-bond donors (Lipinski definition) is 1. The molecule has 0 aromatic rings. The normalized spacial score (nSPS) is 17.0. The van der Waals surface area contributed by atoms with E-state index in [4.69, 9.17) is 0 Å². The summed E-state index contributed by atoms with van der Waals surface area (Å²) in [5.41, 5.74) is 0. The van der Waals surface area contributed by atoms with Crippen LogP contribution < -0.4 is 5.32 Å². The SMILES string of the molecule is CN1C=C([N+](=O)[O-])NC1. The molecular formula is C4H7N3O2. The lowest BCUT2D eigenvalue weighted by Gasteiger charge is -1.97. The van der Waals surface area contributed by atoms with Gasteiger partial charge in [-0.15, -0.1) is 0 Å². The van der Waals surface area contributed by atoms with Crippen LogP contribution in [-0.4, -0.2) is 23.5 Å². The summed E-state index contributed by atoms with van der Waals surface area (Å²) in [6, 6.07) is 0. The first-order valence-corrected chi connectivity index (χ1v) is 2.50. The third-order valence-electron chi connectivity index (χ3n) is 1.05. The molecule has 0 saturated heterocycles. The number of hydrogen-bond acceptors (Lipinski definition) is 4. The summed E-state index contributed by atoms with van der Waals surface area (Å²) in [5.74, 6) is 0.0671. The summed E-state index contributed by atoms with van der Waals surface area (Å²) in [4.78, 5) is 11.3. The molecule has 0 amide bonds. The molecule has 5 heteroatoms. The maximum absolute atomic E-state index is 10.00. The van der Waals surface area contributed by atoms with Crippen LogP contribution in [0.3, 0.4) is 0 Å². The van der Waals surface area contributed by atoms with Crippen LogP contribution in [0.15, 0.2) is 12.0 Å². The lowest BCUT2D eigenvalue weighted by Crippen LogP contribution is -2.19. The van der Waals surface area contributed by atoms with Crippen LogP contribution in [0.4, 0.5) is 0 Å². The fourth-order valence-electron chi connectivity index (χ4n) is 0.617. The molecule has 0 fully saturated rings. The van der Waals surface area contributed by atoms with E-state index in [1.54, 1.807) is 11.9 Å². The minimum Gasteiger partial charge on any atom is -0.358 e. The van der Waals surface area contributed by atoms with Crippen LogP contribution in [0, 0.1) is 10.1 Å². The quantitative estimate of drug-likeness (QED) is 0.385. The van der Waals surface area contributed by atoms with E-state index in [0.29, 0.717) is 6.67 Å². The van der Waals surface area contributed by atoms with Crippen LogP contribution in [0.5, 0.6) is 0 Å². The first-order chi connectivity index (χ1) is 4.20. The van der Waals surface area contributed by atoms with Crippen molar-refractivity contribution in [2.75, 3.05) is 13.7 Å². The average molecular weight is 129 g/mol. The molecule has 0 atom stereocenters. The highest BCUT2D eigenvalue weighted by molar-refractivity contribution is 4.93. The molecule has 0 unspecified atom stereocenters. The van der Waals surface area contributed by atoms with Crippen molar-refractivity contribution in [3.05, 3.63) is 22.1 Å². The zero-order valence-corrected chi connectivity index (χ0v) is 5.00. The third-order valence-corrected chi connectivity index (χ3v) is 1.05. The molecular weight excluding hydrogens is 122 g/mol. The van der Waals surface area contributed by atoms with E-state index in [1.807, 2.05) is 0 Å². The summed E-state index contributed by atoms with van der Waals surface area (Å²) in [6.07, 6.45) is 1.46. The van der Waals surface area contributed by atoms with Gasteiger partial charge in [0, 0.05) is 7.05 Å². The molecule has 1 rings (SSSR count). The monoisotopic (exact) mass is 129 g/mol. The minimum atomic E-state index is -0.441. The van der Waals surface area contributed by atoms with Gasteiger partial charge in [-0.3, -0.25) is 5.32 Å². The van der Waals surface area contributed by atoms with Crippen LogP contribution in [0.1, 0.15) is 0 Å². The fraction of sp³-hybridized carbons (Fsp3) is 0.500. The topological polar surface area (TPSA) is 58.4 Å². The first kappa shape index (κ1) is 5.87. The molecule has 9 heavy (non-hydrogen) atoms. The van der Waals surface area contributed by atoms with Gasteiger partial charge in [-0.05, 0) is 4.92 Å². The number of nitro groups is 1. The van der Waals surface area contributed by atoms with Gasteiger partial charge >= 0.3 is 5.82 Å². The second-order valence-corrected chi connectivity index (χ2v) is 1.86. The zero-order valence-electron chi connectivity index (χ0n) is 5.00. The Hall–Kier alpha value is -1.26. The lowest BCUT2D eigenvalue weighted by molar-refractivity contribution is -0.430. The predicted molar refractivity (Wildman–Crippen MR) is 30.8 cm³/mol. The number of rotatable bonds is 1. The Balaban J connectivity index is 2.62. The van der Waals surface area contributed by atoms with Gasteiger partial charge in [0.25, 0.3) is 0 Å². The molecule has 50 valence electrons. The molecule has 1 heterocycles. The largest absolute Gasteiger partial charge is 0.358 e. The van der Waals surface area contributed by atoms with Crippen LogP contribution in [0.25, 0.3) is 0 Å². The summed E-state index contributed by atoms with van der Waals surface area (Å²) in [7, 11) is 1.77. The highest BCUT2D eigenvalue weighted by Gasteiger charge is 2.15. The molecule has 0 aromatic carbocycles. The Kier molecular flexibility index (Phi) is 1.26. The molecule has 5 nitrogen and oxygen atoms in total. The molecule has 0 saturated carbocycles. The summed E-state index contributed by atoms with van der Waals surface area (Å²) >= 11 is 0. The van der Waals surface area contributed by atoms with Crippen LogP contribution in [0.2, 0.25) is 0 Å². The van der Waals surface area contributed by atoms with E-state index in [9.17, 15) is 10.1 Å². The maximum atomic E-state index is 10.00. The average Bonchev–Trinajstić information content (AvgIpc) is 2.14. The van der Waals surface area contributed by atoms with Gasteiger partial charge in [0.1, 0.15) is 0 Å². The smallest absolute Gasteiger partial charge is 0.333 e. The van der Waals surface area contributed by atoms with E-state index in [-0.39, 0.29) is 5.82 Å². The Bertz CT molecular complexity index is 165. The van der Waals surface area contributed by atoms with Crippen molar-refractivity contribution in [3.63, 3.8) is 0 Å². The molecule has 0 aliphatic carbocycles. The van der Waals surface area contributed by atoms with E-state index in [1.165, 1.54) is 6.20 Å².